The average Bonchev–Trinajstić information content (AvgIpc) is 2.81. The molecule has 3 rings (SSSR count). The van der Waals surface area contributed by atoms with Crippen LogP contribution >= 0.6 is 0 Å². The monoisotopic (exact) mass is 239 g/mol. The van der Waals surface area contributed by atoms with Crippen molar-refractivity contribution in [3.8, 4) is 17.0 Å². The Morgan fingerprint density at radius 3 is 2.78 bits per heavy atom. The van der Waals surface area contributed by atoms with E-state index in [-0.39, 0.29) is 5.75 Å². The highest BCUT2D eigenvalue weighted by Crippen LogP contribution is 2.28. The number of fused-ring (bicyclic) bond motifs is 1. The van der Waals surface area contributed by atoms with E-state index in [0.717, 1.165) is 11.7 Å². The van der Waals surface area contributed by atoms with E-state index in [0.29, 0.717) is 22.6 Å². The molecule has 0 aliphatic carbocycles. The number of carbonyl (C=O) groups is 1. The van der Waals surface area contributed by atoms with Gasteiger partial charge in [0.15, 0.2) is 11.9 Å². The van der Waals surface area contributed by atoms with Crippen molar-refractivity contribution in [1.82, 2.24) is 15.2 Å². The molecule has 0 amide bonds. The van der Waals surface area contributed by atoms with Crippen molar-refractivity contribution in [2.75, 3.05) is 0 Å². The Hall–Kier alpha value is -2.69. The van der Waals surface area contributed by atoms with Crippen LogP contribution in [0.5, 0.6) is 5.75 Å². The van der Waals surface area contributed by atoms with Crippen molar-refractivity contribution in [2.45, 2.75) is 0 Å². The molecule has 3 aromatic rings. The van der Waals surface area contributed by atoms with Gasteiger partial charge in [0.1, 0.15) is 5.75 Å². The number of rotatable bonds is 2. The summed E-state index contributed by atoms with van der Waals surface area (Å²) >= 11 is 0. The van der Waals surface area contributed by atoms with Crippen LogP contribution < -0.4 is 0 Å². The normalized spacial score (nSPS) is 10.7. The fraction of sp³-hybridized carbons (Fsp3) is 0. The second kappa shape index (κ2) is 3.96. The van der Waals surface area contributed by atoms with Gasteiger partial charge in [-0.1, -0.05) is 12.1 Å². The number of aromatic amines is 1. The topological polar surface area (TPSA) is 78.9 Å². The molecule has 0 aliphatic heterocycles. The molecule has 0 unspecified atom stereocenters. The van der Waals surface area contributed by atoms with Crippen LogP contribution in [0.2, 0.25) is 0 Å². The van der Waals surface area contributed by atoms with Gasteiger partial charge in [0, 0.05) is 10.9 Å². The molecule has 0 radical (unpaired) electrons. The number of aromatic hydroxyl groups is 1. The largest absolute Gasteiger partial charge is 0.507 e. The summed E-state index contributed by atoms with van der Waals surface area (Å²) in [5, 5.41) is 18.6. The number of nitrogens with zero attached hydrogens (tertiary/aromatic N) is 2. The first kappa shape index (κ1) is 10.5. The third-order valence-electron chi connectivity index (χ3n) is 2.70. The van der Waals surface area contributed by atoms with Crippen LogP contribution in [0.25, 0.3) is 22.3 Å². The molecule has 0 saturated heterocycles. The molecule has 0 saturated carbocycles. The molecule has 0 bridgehead atoms. The molecule has 2 heterocycles. The third kappa shape index (κ3) is 1.62. The number of nitrogens with one attached hydrogen (secondary N) is 1. The van der Waals surface area contributed by atoms with E-state index in [1.54, 1.807) is 30.3 Å². The fourth-order valence-corrected chi connectivity index (χ4v) is 1.84. The van der Waals surface area contributed by atoms with Gasteiger partial charge in [-0.2, -0.15) is 0 Å². The number of hydrogen-bond donors (Lipinski definition) is 2. The van der Waals surface area contributed by atoms with Crippen molar-refractivity contribution >= 4 is 17.3 Å². The Balaban J connectivity index is 2.19. The maximum Gasteiger partial charge on any atom is 0.166 e. The molecule has 1 aromatic carbocycles. The molecular weight excluding hydrogens is 230 g/mol. The summed E-state index contributed by atoms with van der Waals surface area (Å²) in [5.74, 6) is 0.150. The first-order valence-corrected chi connectivity index (χ1v) is 5.38. The van der Waals surface area contributed by atoms with Crippen LogP contribution in [0.4, 0.5) is 0 Å². The van der Waals surface area contributed by atoms with E-state index in [4.69, 9.17) is 0 Å². The lowest BCUT2D eigenvalue weighted by Gasteiger charge is -2.02. The zero-order valence-electron chi connectivity index (χ0n) is 9.29. The molecular formula is C13H9N3O2. The van der Waals surface area contributed by atoms with Crippen LogP contribution in [0.1, 0.15) is 10.5 Å². The summed E-state index contributed by atoms with van der Waals surface area (Å²) in [6.45, 7) is 0. The molecule has 88 valence electrons. The lowest BCUT2D eigenvalue weighted by molar-refractivity contribution is 0.111. The van der Waals surface area contributed by atoms with E-state index < -0.39 is 0 Å². The van der Waals surface area contributed by atoms with Gasteiger partial charge in [-0.15, -0.1) is 10.2 Å². The number of phenolic OH excluding ortho intramolecular Hbond substituents is 1. The highest BCUT2D eigenvalue weighted by Gasteiger charge is 2.08. The van der Waals surface area contributed by atoms with Gasteiger partial charge in [0.2, 0.25) is 0 Å². The van der Waals surface area contributed by atoms with E-state index >= 15 is 0 Å². The Morgan fingerprint density at radius 2 is 2.00 bits per heavy atom. The Labute approximate surface area is 102 Å². The minimum absolute atomic E-state index is 0.150. The predicted octanol–water partition coefficient (Wildman–Crippen LogP) is 2.14. The van der Waals surface area contributed by atoms with E-state index in [9.17, 15) is 9.90 Å². The van der Waals surface area contributed by atoms with Gasteiger partial charge in [-0.05, 0) is 24.3 Å². The molecule has 2 N–H and O–H groups in total. The van der Waals surface area contributed by atoms with Gasteiger partial charge in [-0.3, -0.25) is 4.79 Å². The standard InChI is InChI=1S/C13H9N3O2/c17-7-9-5-8-6-11(15-16-13(8)14-9)10-3-1-2-4-12(10)18/h1-7,18H,(H,14,16). The number of benzene rings is 1. The zero-order valence-corrected chi connectivity index (χ0v) is 9.29. The molecule has 0 spiro atoms. The van der Waals surface area contributed by atoms with Crippen LogP contribution in [0, 0.1) is 0 Å². The summed E-state index contributed by atoms with van der Waals surface area (Å²) in [4.78, 5) is 13.5. The Kier molecular flexibility index (Phi) is 2.30. The van der Waals surface area contributed by atoms with Gasteiger partial charge in [-0.25, -0.2) is 0 Å². The van der Waals surface area contributed by atoms with Gasteiger partial charge in [0.25, 0.3) is 0 Å². The highest BCUT2D eigenvalue weighted by atomic mass is 16.3. The van der Waals surface area contributed by atoms with E-state index in [2.05, 4.69) is 15.2 Å². The van der Waals surface area contributed by atoms with Crippen LogP contribution in [-0.4, -0.2) is 26.6 Å². The van der Waals surface area contributed by atoms with Crippen molar-refractivity contribution in [1.29, 1.82) is 0 Å². The zero-order chi connectivity index (χ0) is 12.5. The third-order valence-corrected chi connectivity index (χ3v) is 2.70. The summed E-state index contributed by atoms with van der Waals surface area (Å²) in [7, 11) is 0. The number of carbonyl (C=O) groups excluding carboxylic acids is 1. The van der Waals surface area contributed by atoms with Crippen LogP contribution in [-0.2, 0) is 0 Å². The van der Waals surface area contributed by atoms with Gasteiger partial charge < -0.3 is 10.1 Å². The smallest absolute Gasteiger partial charge is 0.166 e. The second-order valence-corrected chi connectivity index (χ2v) is 3.89. The molecule has 5 nitrogen and oxygen atoms in total. The summed E-state index contributed by atoms with van der Waals surface area (Å²) in [5.41, 5.74) is 2.18. The van der Waals surface area contributed by atoms with Crippen molar-refractivity contribution in [3.63, 3.8) is 0 Å². The maximum absolute atomic E-state index is 10.7. The summed E-state index contributed by atoms with van der Waals surface area (Å²) in [6.07, 6.45) is 0.724. The van der Waals surface area contributed by atoms with Crippen molar-refractivity contribution in [3.05, 3.63) is 42.1 Å². The minimum atomic E-state index is 0.150. The number of phenols is 1. The lowest BCUT2D eigenvalue weighted by Crippen LogP contribution is -1.88. The molecule has 0 atom stereocenters. The number of aldehydes is 1. The number of H-pyrrole nitrogens is 1. The molecule has 0 aliphatic rings. The fourth-order valence-electron chi connectivity index (χ4n) is 1.84. The molecule has 18 heavy (non-hydrogen) atoms. The quantitative estimate of drug-likeness (QED) is 0.671. The van der Waals surface area contributed by atoms with Crippen LogP contribution in [0.3, 0.4) is 0 Å². The Bertz CT molecular complexity index is 734. The number of para-hydroxylation sites is 1. The van der Waals surface area contributed by atoms with Gasteiger partial charge >= 0.3 is 0 Å². The van der Waals surface area contributed by atoms with Crippen LogP contribution in [0.15, 0.2) is 36.4 Å². The highest BCUT2D eigenvalue weighted by molar-refractivity contribution is 5.87. The molecule has 0 fully saturated rings. The number of aromatic nitrogens is 3. The summed E-state index contributed by atoms with van der Waals surface area (Å²) in [6, 6.07) is 10.4. The first-order chi connectivity index (χ1) is 8.78. The first-order valence-electron chi connectivity index (χ1n) is 5.38. The van der Waals surface area contributed by atoms with Crippen molar-refractivity contribution in [2.24, 2.45) is 0 Å². The molecule has 2 aromatic heterocycles. The average molecular weight is 239 g/mol. The Morgan fingerprint density at radius 1 is 1.17 bits per heavy atom. The van der Waals surface area contributed by atoms with Gasteiger partial charge in [0.05, 0.1) is 11.4 Å². The van der Waals surface area contributed by atoms with Crippen molar-refractivity contribution < 1.29 is 9.90 Å². The van der Waals surface area contributed by atoms with E-state index in [1.807, 2.05) is 6.07 Å². The van der Waals surface area contributed by atoms with E-state index in [1.165, 1.54) is 0 Å². The second-order valence-electron chi connectivity index (χ2n) is 3.89. The summed E-state index contributed by atoms with van der Waals surface area (Å²) < 4.78 is 0. The minimum Gasteiger partial charge on any atom is -0.507 e. The number of hydrogen-bond acceptors (Lipinski definition) is 4. The SMILES string of the molecule is O=Cc1cc2cc(-c3ccccc3O)nnc2[nH]1. The lowest BCUT2D eigenvalue weighted by atomic mass is 10.1. The predicted molar refractivity (Wildman–Crippen MR) is 66.4 cm³/mol. The maximum atomic E-state index is 10.7. The molecule has 5 heteroatoms.